The van der Waals surface area contributed by atoms with Gasteiger partial charge in [0.05, 0.1) is 13.2 Å². The van der Waals surface area contributed by atoms with Gasteiger partial charge in [-0.25, -0.2) is 4.79 Å². The zero-order chi connectivity index (χ0) is 38.4. The highest BCUT2D eigenvalue weighted by molar-refractivity contribution is 6.74. The molecule has 0 radical (unpaired) electrons. The molecule has 0 saturated carbocycles. The molecular formula is C47H84O4Si. The fraction of sp³-hybridized carbons (Fsp3) is 0.723. The molecule has 0 aliphatic carbocycles. The molecule has 0 aromatic heterocycles. The molecule has 0 bridgehead atoms. The summed E-state index contributed by atoms with van der Waals surface area (Å²) in [4.78, 5) is 12.6. The molecule has 0 spiro atoms. The van der Waals surface area contributed by atoms with Gasteiger partial charge in [-0.05, 0) is 37.4 Å². The van der Waals surface area contributed by atoms with Crippen LogP contribution in [0.25, 0.3) is 0 Å². The molecule has 0 fully saturated rings. The van der Waals surface area contributed by atoms with Crippen LogP contribution in [0.15, 0.2) is 72.9 Å². The highest BCUT2D eigenvalue weighted by atomic mass is 28.4. The van der Waals surface area contributed by atoms with Gasteiger partial charge in [0.25, 0.3) is 0 Å². The second-order valence-electron chi connectivity index (χ2n) is 16.0. The molecule has 300 valence electrons. The number of ether oxygens (including phenoxy) is 2. The topological polar surface area (TPSA) is 44.8 Å². The maximum absolute atomic E-state index is 12.6. The lowest BCUT2D eigenvalue weighted by Gasteiger charge is -2.37. The average molecular weight is 741 g/mol. The second-order valence-corrected chi connectivity index (χ2v) is 20.8. The van der Waals surface area contributed by atoms with Crippen LogP contribution in [0.2, 0.25) is 18.1 Å². The predicted molar refractivity (Wildman–Crippen MR) is 232 cm³/mol. The lowest BCUT2D eigenvalue weighted by molar-refractivity contribution is -0.148. The van der Waals surface area contributed by atoms with Gasteiger partial charge in [0.2, 0.25) is 0 Å². The monoisotopic (exact) mass is 741 g/mol. The molecular weight excluding hydrogens is 657 g/mol. The van der Waals surface area contributed by atoms with E-state index < -0.39 is 14.4 Å². The van der Waals surface area contributed by atoms with Crippen molar-refractivity contribution in [2.24, 2.45) is 0 Å². The van der Waals surface area contributed by atoms with Crippen LogP contribution >= 0.6 is 0 Å². The minimum absolute atomic E-state index is 0.0874. The summed E-state index contributed by atoms with van der Waals surface area (Å²) in [6.07, 6.45) is 52.3. The number of hydrogen-bond donors (Lipinski definition) is 0. The number of rotatable bonds is 35. The Hall–Kier alpha value is -1.95. The Morgan fingerprint density at radius 2 is 0.942 bits per heavy atom. The largest absolute Gasteiger partial charge is 0.454 e. The van der Waals surface area contributed by atoms with Gasteiger partial charge in [0.1, 0.15) is 6.10 Å². The van der Waals surface area contributed by atoms with Crippen molar-refractivity contribution >= 4 is 14.3 Å². The Morgan fingerprint density at radius 3 is 1.40 bits per heavy atom. The molecule has 0 aliphatic rings. The molecule has 5 heteroatoms. The van der Waals surface area contributed by atoms with Crippen molar-refractivity contribution in [2.75, 3.05) is 19.8 Å². The molecule has 0 rings (SSSR count). The SMILES string of the molecule is CCCCCCCCCC=CC=CC=CC=CC=CC=CC(=O)OC(COCCCCCCCCCCCCCCCC)CO[Si](C)(C)C(C)(C)C. The molecule has 52 heavy (non-hydrogen) atoms. The zero-order valence-corrected chi connectivity index (χ0v) is 36.3. The first-order valence-electron chi connectivity index (χ1n) is 21.6. The maximum Gasteiger partial charge on any atom is 0.331 e. The molecule has 0 aliphatic heterocycles. The Balaban J connectivity index is 4.37. The van der Waals surface area contributed by atoms with E-state index in [-0.39, 0.29) is 11.0 Å². The van der Waals surface area contributed by atoms with E-state index in [1.165, 1.54) is 134 Å². The lowest BCUT2D eigenvalue weighted by Crippen LogP contribution is -2.44. The molecule has 0 saturated heterocycles. The molecule has 0 amide bonds. The van der Waals surface area contributed by atoms with Gasteiger partial charge in [-0.2, -0.15) is 0 Å². The van der Waals surface area contributed by atoms with E-state index in [9.17, 15) is 4.79 Å². The Morgan fingerprint density at radius 1 is 0.538 bits per heavy atom. The van der Waals surface area contributed by atoms with Gasteiger partial charge in [-0.15, -0.1) is 0 Å². The van der Waals surface area contributed by atoms with Gasteiger partial charge in [-0.3, -0.25) is 0 Å². The van der Waals surface area contributed by atoms with E-state index in [4.69, 9.17) is 13.9 Å². The van der Waals surface area contributed by atoms with E-state index in [0.717, 1.165) is 12.8 Å². The zero-order valence-electron chi connectivity index (χ0n) is 35.3. The van der Waals surface area contributed by atoms with Crippen LogP contribution in [0.3, 0.4) is 0 Å². The summed E-state index contributed by atoms with van der Waals surface area (Å²) in [5, 5.41) is 0.0874. The van der Waals surface area contributed by atoms with Crippen LogP contribution < -0.4 is 0 Å². The van der Waals surface area contributed by atoms with Crippen LogP contribution in [0.1, 0.15) is 176 Å². The summed E-state index contributed by atoms with van der Waals surface area (Å²) in [5.74, 6) is -0.373. The smallest absolute Gasteiger partial charge is 0.331 e. The number of allylic oxidation sites excluding steroid dienone is 11. The Kier molecular flexibility index (Phi) is 34.7. The standard InChI is InChI=1S/C47H84O4Si/c1-8-10-12-14-16-18-20-22-24-25-26-27-28-29-31-33-35-37-39-41-46(48)51-45(44-50-52(6,7)47(3,4)5)43-49-42-40-38-36-34-32-30-23-21-19-17-15-13-11-9-2/h24-29,31,33,35,37,39,41,45H,8-23,30,32,34,36,38,40,42-44H2,1-7H3. The number of esters is 1. The summed E-state index contributed by atoms with van der Waals surface area (Å²) in [6.45, 7) is 17.1. The molecule has 0 N–H and O–H groups in total. The fourth-order valence-corrected chi connectivity index (χ4v) is 6.53. The van der Waals surface area contributed by atoms with Crippen LogP contribution in [0, 0.1) is 0 Å². The quantitative estimate of drug-likeness (QED) is 0.0213. The first kappa shape index (κ1) is 50.0. The number of carbonyl (C=O) groups excluding carboxylic acids is 1. The summed E-state index contributed by atoms with van der Waals surface area (Å²) < 4.78 is 18.2. The van der Waals surface area contributed by atoms with Crippen LogP contribution in [0.5, 0.6) is 0 Å². The highest BCUT2D eigenvalue weighted by Crippen LogP contribution is 2.36. The second kappa shape index (κ2) is 36.0. The summed E-state index contributed by atoms with van der Waals surface area (Å²) in [5.41, 5.74) is 0. The lowest BCUT2D eigenvalue weighted by atomic mass is 10.0. The van der Waals surface area contributed by atoms with Crippen LogP contribution in [-0.2, 0) is 18.7 Å². The van der Waals surface area contributed by atoms with E-state index in [1.54, 1.807) is 6.08 Å². The molecule has 0 aromatic carbocycles. The third kappa shape index (κ3) is 33.9. The minimum atomic E-state index is -1.98. The number of carbonyl (C=O) groups is 1. The predicted octanol–water partition coefficient (Wildman–Crippen LogP) is 14.9. The highest BCUT2D eigenvalue weighted by Gasteiger charge is 2.38. The molecule has 0 aromatic rings. The van der Waals surface area contributed by atoms with E-state index >= 15 is 0 Å². The summed E-state index contributed by atoms with van der Waals surface area (Å²) in [6, 6.07) is 0. The van der Waals surface area contributed by atoms with Gasteiger partial charge in [0, 0.05) is 12.7 Å². The van der Waals surface area contributed by atoms with Crippen molar-refractivity contribution in [3.05, 3.63) is 72.9 Å². The molecule has 0 heterocycles. The van der Waals surface area contributed by atoms with Gasteiger partial charge < -0.3 is 13.9 Å². The van der Waals surface area contributed by atoms with Crippen molar-refractivity contribution in [1.29, 1.82) is 0 Å². The summed E-state index contributed by atoms with van der Waals surface area (Å²) in [7, 11) is -1.98. The first-order valence-corrected chi connectivity index (χ1v) is 24.5. The fourth-order valence-electron chi connectivity index (χ4n) is 5.49. The maximum atomic E-state index is 12.6. The van der Waals surface area contributed by atoms with Gasteiger partial charge >= 0.3 is 5.97 Å². The van der Waals surface area contributed by atoms with Crippen molar-refractivity contribution in [1.82, 2.24) is 0 Å². The molecule has 1 unspecified atom stereocenters. The normalized spacial score (nSPS) is 13.8. The Bertz CT molecular complexity index is 982. The number of unbranched alkanes of at least 4 members (excludes halogenated alkanes) is 20. The minimum Gasteiger partial charge on any atom is -0.454 e. The third-order valence-corrected chi connectivity index (χ3v) is 14.5. The van der Waals surface area contributed by atoms with Crippen molar-refractivity contribution in [2.45, 2.75) is 200 Å². The van der Waals surface area contributed by atoms with Crippen LogP contribution in [0.4, 0.5) is 0 Å². The van der Waals surface area contributed by atoms with Crippen molar-refractivity contribution < 1.29 is 18.7 Å². The first-order chi connectivity index (χ1) is 25.1. The van der Waals surface area contributed by atoms with E-state index in [1.807, 2.05) is 42.5 Å². The van der Waals surface area contributed by atoms with E-state index in [0.29, 0.717) is 19.8 Å². The molecule has 4 nitrogen and oxygen atoms in total. The van der Waals surface area contributed by atoms with Crippen molar-refractivity contribution in [3.8, 4) is 0 Å². The Labute approximate surface area is 324 Å². The number of hydrogen-bond acceptors (Lipinski definition) is 4. The van der Waals surface area contributed by atoms with Crippen molar-refractivity contribution in [3.63, 3.8) is 0 Å². The van der Waals surface area contributed by atoms with Gasteiger partial charge in [-0.1, -0.05) is 223 Å². The molecule has 1 atom stereocenters. The van der Waals surface area contributed by atoms with E-state index in [2.05, 4.69) is 65.9 Å². The van der Waals surface area contributed by atoms with Crippen LogP contribution in [-0.4, -0.2) is 40.2 Å². The van der Waals surface area contributed by atoms with Gasteiger partial charge in [0.15, 0.2) is 8.32 Å². The average Bonchev–Trinajstić information content (AvgIpc) is 3.10. The summed E-state index contributed by atoms with van der Waals surface area (Å²) >= 11 is 0. The third-order valence-electron chi connectivity index (χ3n) is 10.0.